The van der Waals surface area contributed by atoms with Crippen LogP contribution in [0, 0.1) is 23.4 Å². The fourth-order valence-corrected chi connectivity index (χ4v) is 3.00. The van der Waals surface area contributed by atoms with Crippen LogP contribution in [0.25, 0.3) is 0 Å². The van der Waals surface area contributed by atoms with Gasteiger partial charge in [-0.25, -0.2) is 13.2 Å². The number of hydrogen-bond acceptors (Lipinski definition) is 3. The summed E-state index contributed by atoms with van der Waals surface area (Å²) in [4.78, 5) is 13.8. The number of ether oxygens (including phenoxy) is 1. The number of nitrogens with zero attached hydrogens (tertiary/aromatic N) is 1. The lowest BCUT2D eigenvalue weighted by atomic mass is 10.1. The maximum atomic E-state index is 13.6. The number of rotatable bonds is 5. The van der Waals surface area contributed by atoms with Crippen molar-refractivity contribution in [3.8, 4) is 5.75 Å². The minimum Gasteiger partial charge on any atom is -0.489 e. The van der Waals surface area contributed by atoms with Crippen LogP contribution in [0.3, 0.4) is 0 Å². The molecule has 0 aliphatic carbocycles. The zero-order valence-electron chi connectivity index (χ0n) is 14.3. The normalized spacial score (nSPS) is 16.6. The molecule has 2 aromatic carbocycles. The molecule has 138 valence electrons. The zero-order valence-corrected chi connectivity index (χ0v) is 14.3. The molecule has 0 radical (unpaired) electrons. The van der Waals surface area contributed by atoms with Gasteiger partial charge in [0.2, 0.25) is 5.91 Å². The minimum absolute atomic E-state index is 0.0210. The van der Waals surface area contributed by atoms with E-state index in [1.807, 2.05) is 12.1 Å². The van der Waals surface area contributed by atoms with E-state index < -0.39 is 17.5 Å². The van der Waals surface area contributed by atoms with Crippen molar-refractivity contribution in [2.24, 2.45) is 5.92 Å². The number of amides is 1. The van der Waals surface area contributed by atoms with Crippen molar-refractivity contribution in [1.29, 1.82) is 0 Å². The van der Waals surface area contributed by atoms with Crippen LogP contribution in [-0.4, -0.2) is 26.0 Å². The Bertz CT molecular complexity index is 796. The largest absolute Gasteiger partial charge is 0.489 e. The second kappa shape index (κ2) is 7.68. The number of carbonyl (C=O) groups is 1. The molecule has 4 nitrogen and oxygen atoms in total. The Hall–Kier alpha value is -2.70. The SMILES string of the molecule is CNC(=O)C1CCN(c2ccc(OCc3cc(F)c(F)cc3F)cc2)C1. The summed E-state index contributed by atoms with van der Waals surface area (Å²) >= 11 is 0. The molecule has 7 heteroatoms. The third kappa shape index (κ3) is 3.92. The van der Waals surface area contributed by atoms with Gasteiger partial charge in [-0.05, 0) is 36.8 Å². The molecular formula is C19H19F3N2O2. The Morgan fingerprint density at radius 3 is 2.54 bits per heavy atom. The van der Waals surface area contributed by atoms with Gasteiger partial charge < -0.3 is 15.0 Å². The van der Waals surface area contributed by atoms with E-state index in [1.54, 1.807) is 19.2 Å². The van der Waals surface area contributed by atoms with Crippen molar-refractivity contribution < 1.29 is 22.7 Å². The Kier molecular flexibility index (Phi) is 5.35. The third-order valence-corrected chi connectivity index (χ3v) is 4.49. The fourth-order valence-electron chi connectivity index (χ4n) is 3.00. The second-order valence-electron chi connectivity index (χ2n) is 6.19. The molecular weight excluding hydrogens is 345 g/mol. The van der Waals surface area contributed by atoms with E-state index in [9.17, 15) is 18.0 Å². The molecule has 1 unspecified atom stereocenters. The molecule has 3 rings (SSSR count). The Labute approximate surface area is 149 Å². The molecule has 0 aromatic heterocycles. The first-order chi connectivity index (χ1) is 12.5. The molecule has 0 bridgehead atoms. The molecule has 1 saturated heterocycles. The van der Waals surface area contributed by atoms with Gasteiger partial charge >= 0.3 is 0 Å². The van der Waals surface area contributed by atoms with Gasteiger partial charge in [0.15, 0.2) is 11.6 Å². The highest BCUT2D eigenvalue weighted by Gasteiger charge is 2.27. The van der Waals surface area contributed by atoms with E-state index in [1.165, 1.54) is 0 Å². The number of nitrogens with one attached hydrogen (secondary N) is 1. The topological polar surface area (TPSA) is 41.6 Å². The van der Waals surface area contributed by atoms with Crippen LogP contribution in [0.2, 0.25) is 0 Å². The lowest BCUT2D eigenvalue weighted by molar-refractivity contribution is -0.123. The first-order valence-corrected chi connectivity index (χ1v) is 8.30. The summed E-state index contributed by atoms with van der Waals surface area (Å²) in [5.41, 5.74) is 0.906. The minimum atomic E-state index is -1.23. The first-order valence-electron chi connectivity index (χ1n) is 8.30. The molecule has 1 amide bonds. The van der Waals surface area contributed by atoms with Crippen molar-refractivity contribution in [2.75, 3.05) is 25.0 Å². The summed E-state index contributed by atoms with van der Waals surface area (Å²) in [5.74, 6) is -2.68. The maximum absolute atomic E-state index is 13.6. The smallest absolute Gasteiger partial charge is 0.224 e. The summed E-state index contributed by atoms with van der Waals surface area (Å²) < 4.78 is 45.2. The number of benzene rings is 2. The number of carbonyl (C=O) groups excluding carboxylic acids is 1. The first kappa shape index (κ1) is 18.1. The second-order valence-corrected chi connectivity index (χ2v) is 6.19. The van der Waals surface area contributed by atoms with Crippen molar-refractivity contribution in [3.05, 3.63) is 59.4 Å². The van der Waals surface area contributed by atoms with Crippen molar-refractivity contribution in [2.45, 2.75) is 13.0 Å². The van der Waals surface area contributed by atoms with Gasteiger partial charge in [-0.15, -0.1) is 0 Å². The van der Waals surface area contributed by atoms with Crippen molar-refractivity contribution in [3.63, 3.8) is 0 Å². The summed E-state index contributed by atoms with van der Waals surface area (Å²) in [6.45, 7) is 1.24. The molecule has 26 heavy (non-hydrogen) atoms. The lowest BCUT2D eigenvalue weighted by Crippen LogP contribution is -2.30. The predicted octanol–water partition coefficient (Wildman–Crippen LogP) is 3.26. The zero-order chi connectivity index (χ0) is 18.7. The van der Waals surface area contributed by atoms with Crippen LogP contribution in [-0.2, 0) is 11.4 Å². The summed E-state index contributed by atoms with van der Waals surface area (Å²) in [7, 11) is 1.63. The van der Waals surface area contributed by atoms with Gasteiger partial charge in [-0.2, -0.15) is 0 Å². The van der Waals surface area contributed by atoms with Crippen LogP contribution < -0.4 is 15.0 Å². The lowest BCUT2D eigenvalue weighted by Gasteiger charge is -2.19. The van der Waals surface area contributed by atoms with Crippen LogP contribution in [0.5, 0.6) is 5.75 Å². The molecule has 1 atom stereocenters. The summed E-state index contributed by atoms with van der Waals surface area (Å²) in [5, 5.41) is 2.67. The van der Waals surface area contributed by atoms with Gasteiger partial charge in [0.05, 0.1) is 5.92 Å². The molecule has 0 saturated carbocycles. The van der Waals surface area contributed by atoms with Gasteiger partial charge in [0.25, 0.3) is 0 Å². The Morgan fingerprint density at radius 1 is 1.15 bits per heavy atom. The highest BCUT2D eigenvalue weighted by atomic mass is 19.2. The van der Waals surface area contributed by atoms with Gasteiger partial charge in [-0.1, -0.05) is 0 Å². The van der Waals surface area contributed by atoms with Crippen LogP contribution >= 0.6 is 0 Å². The number of hydrogen-bond donors (Lipinski definition) is 1. The highest BCUT2D eigenvalue weighted by molar-refractivity contribution is 5.79. The molecule has 1 aliphatic heterocycles. The highest BCUT2D eigenvalue weighted by Crippen LogP contribution is 2.26. The fraction of sp³-hybridized carbons (Fsp3) is 0.316. The molecule has 1 N–H and O–H groups in total. The summed E-state index contributed by atoms with van der Waals surface area (Å²) in [6, 6.07) is 8.45. The maximum Gasteiger partial charge on any atom is 0.224 e. The molecule has 1 aliphatic rings. The standard InChI is InChI=1S/C19H19F3N2O2/c1-23-19(25)12-6-7-24(10-12)14-2-4-15(5-3-14)26-11-13-8-17(21)18(22)9-16(13)20/h2-5,8-9,12H,6-7,10-11H2,1H3,(H,23,25). The van der Waals surface area contributed by atoms with Gasteiger partial charge in [0.1, 0.15) is 18.2 Å². The average molecular weight is 364 g/mol. The van der Waals surface area contributed by atoms with Crippen molar-refractivity contribution >= 4 is 11.6 Å². The molecule has 0 spiro atoms. The van der Waals surface area contributed by atoms with Crippen molar-refractivity contribution in [1.82, 2.24) is 5.32 Å². The molecule has 1 heterocycles. The predicted molar refractivity (Wildman–Crippen MR) is 91.5 cm³/mol. The van der Waals surface area contributed by atoms with E-state index in [0.717, 1.165) is 24.7 Å². The summed E-state index contributed by atoms with van der Waals surface area (Å²) in [6.07, 6.45) is 0.799. The molecule has 1 fully saturated rings. The Morgan fingerprint density at radius 2 is 1.85 bits per heavy atom. The molecule has 2 aromatic rings. The third-order valence-electron chi connectivity index (χ3n) is 4.49. The van der Waals surface area contributed by atoms with E-state index >= 15 is 0 Å². The van der Waals surface area contributed by atoms with Gasteiger partial charge in [0, 0.05) is 37.5 Å². The quantitative estimate of drug-likeness (QED) is 0.828. The average Bonchev–Trinajstić information content (AvgIpc) is 3.13. The van der Waals surface area contributed by atoms with Gasteiger partial charge in [-0.3, -0.25) is 4.79 Å². The monoisotopic (exact) mass is 364 g/mol. The van der Waals surface area contributed by atoms with E-state index in [0.29, 0.717) is 18.4 Å². The Balaban J connectivity index is 1.60. The van der Waals surface area contributed by atoms with Crippen LogP contribution in [0.4, 0.5) is 18.9 Å². The van der Waals surface area contributed by atoms with Crippen LogP contribution in [0.15, 0.2) is 36.4 Å². The number of anilines is 1. The number of halogens is 3. The van der Waals surface area contributed by atoms with E-state index in [2.05, 4.69) is 10.2 Å². The van der Waals surface area contributed by atoms with E-state index in [4.69, 9.17) is 4.74 Å². The van der Waals surface area contributed by atoms with E-state index in [-0.39, 0.29) is 24.0 Å². The van der Waals surface area contributed by atoms with Crippen LogP contribution in [0.1, 0.15) is 12.0 Å².